The lowest BCUT2D eigenvalue weighted by Crippen LogP contribution is -2.26. The number of methoxy groups -OCH3 is 2. The lowest BCUT2D eigenvalue weighted by atomic mass is 10.2. The highest BCUT2D eigenvalue weighted by atomic mass is 16.6. The molecule has 0 saturated carbocycles. The molecule has 1 aromatic carbocycles. The van der Waals surface area contributed by atoms with Crippen LogP contribution in [-0.2, 0) is 9.53 Å². The van der Waals surface area contributed by atoms with Gasteiger partial charge in [-0.15, -0.1) is 0 Å². The Morgan fingerprint density at radius 1 is 1.44 bits per heavy atom. The Balaban J connectivity index is 3.07. The fraction of sp³-hybridized carbons (Fsp3) is 0.364. The van der Waals surface area contributed by atoms with Crippen molar-refractivity contribution in [3.05, 3.63) is 28.3 Å². The van der Waals surface area contributed by atoms with Crippen LogP contribution >= 0.6 is 0 Å². The molecule has 1 aromatic rings. The van der Waals surface area contributed by atoms with E-state index in [-0.39, 0.29) is 12.2 Å². The highest BCUT2D eigenvalue weighted by molar-refractivity contribution is 5.77. The van der Waals surface area contributed by atoms with Crippen molar-refractivity contribution in [2.24, 2.45) is 0 Å². The van der Waals surface area contributed by atoms with Crippen LogP contribution in [0.4, 0.5) is 11.4 Å². The fourth-order valence-electron chi connectivity index (χ4n) is 1.44. The van der Waals surface area contributed by atoms with Gasteiger partial charge in [-0.25, -0.2) is 0 Å². The zero-order chi connectivity index (χ0) is 13.7. The lowest BCUT2D eigenvalue weighted by Gasteiger charge is -2.17. The number of esters is 1. The topological polar surface area (TPSA) is 81.9 Å². The number of nitro groups is 1. The van der Waals surface area contributed by atoms with Gasteiger partial charge in [0, 0.05) is 7.05 Å². The molecule has 0 unspecified atom stereocenters. The summed E-state index contributed by atoms with van der Waals surface area (Å²) in [6.45, 7) is -0.0658. The molecule has 1 rings (SSSR count). The van der Waals surface area contributed by atoms with E-state index in [2.05, 4.69) is 4.74 Å². The molecule has 0 aromatic heterocycles. The Morgan fingerprint density at radius 2 is 2.11 bits per heavy atom. The van der Waals surface area contributed by atoms with Crippen molar-refractivity contribution in [3.63, 3.8) is 0 Å². The second-order valence-electron chi connectivity index (χ2n) is 3.54. The molecule has 98 valence electrons. The van der Waals surface area contributed by atoms with E-state index in [1.54, 1.807) is 13.1 Å². The van der Waals surface area contributed by atoms with Crippen LogP contribution in [-0.4, -0.2) is 38.7 Å². The third-order valence-electron chi connectivity index (χ3n) is 2.38. The number of carbonyl (C=O) groups is 1. The molecule has 18 heavy (non-hydrogen) atoms. The molecule has 0 N–H and O–H groups in total. The summed E-state index contributed by atoms with van der Waals surface area (Å²) in [4.78, 5) is 23.0. The molecule has 0 aliphatic carbocycles. The quantitative estimate of drug-likeness (QED) is 0.446. The number of hydrogen-bond donors (Lipinski definition) is 0. The summed E-state index contributed by atoms with van der Waals surface area (Å²) >= 11 is 0. The number of benzene rings is 1. The van der Waals surface area contributed by atoms with Crippen LogP contribution in [0.5, 0.6) is 5.75 Å². The number of ether oxygens (including phenoxy) is 2. The number of likely N-dealkylation sites (N-methyl/N-ethyl adjacent to an activating group) is 1. The van der Waals surface area contributed by atoms with Gasteiger partial charge in [0.2, 0.25) is 0 Å². The van der Waals surface area contributed by atoms with Crippen LogP contribution in [0.2, 0.25) is 0 Å². The van der Waals surface area contributed by atoms with E-state index < -0.39 is 10.9 Å². The Kier molecular flexibility index (Phi) is 4.47. The van der Waals surface area contributed by atoms with E-state index in [9.17, 15) is 14.9 Å². The van der Waals surface area contributed by atoms with E-state index in [0.717, 1.165) is 0 Å². The molecule has 0 atom stereocenters. The maximum absolute atomic E-state index is 11.1. The number of carbonyl (C=O) groups excluding carboxylic acids is 1. The van der Waals surface area contributed by atoms with E-state index in [4.69, 9.17) is 4.74 Å². The van der Waals surface area contributed by atoms with Crippen LogP contribution < -0.4 is 9.64 Å². The second kappa shape index (κ2) is 5.85. The Hall–Kier alpha value is -2.31. The first kappa shape index (κ1) is 13.8. The number of nitrogens with zero attached hydrogens (tertiary/aromatic N) is 2. The molecule has 0 heterocycles. The molecule has 0 fully saturated rings. The third-order valence-corrected chi connectivity index (χ3v) is 2.38. The molecule has 0 aliphatic heterocycles. The maximum Gasteiger partial charge on any atom is 0.325 e. The van der Waals surface area contributed by atoms with Gasteiger partial charge in [-0.1, -0.05) is 0 Å². The average Bonchev–Trinajstić information content (AvgIpc) is 2.37. The van der Waals surface area contributed by atoms with E-state index in [1.165, 1.54) is 31.3 Å². The normalized spacial score (nSPS) is 9.72. The number of hydrogen-bond acceptors (Lipinski definition) is 6. The van der Waals surface area contributed by atoms with Gasteiger partial charge >= 0.3 is 5.97 Å². The molecule has 7 nitrogen and oxygen atoms in total. The van der Waals surface area contributed by atoms with Crippen LogP contribution in [0.15, 0.2) is 18.2 Å². The zero-order valence-electron chi connectivity index (χ0n) is 10.4. The molecule has 0 aliphatic rings. The highest BCUT2D eigenvalue weighted by Crippen LogP contribution is 2.31. The number of rotatable bonds is 5. The van der Waals surface area contributed by atoms with Crippen molar-refractivity contribution in [1.29, 1.82) is 0 Å². The fourth-order valence-corrected chi connectivity index (χ4v) is 1.44. The number of nitro benzene ring substituents is 1. The van der Waals surface area contributed by atoms with Crippen molar-refractivity contribution in [2.75, 3.05) is 32.7 Å². The monoisotopic (exact) mass is 254 g/mol. The van der Waals surface area contributed by atoms with Crippen LogP contribution in [0.3, 0.4) is 0 Å². The molecular weight excluding hydrogens is 240 g/mol. The standard InChI is InChI=1S/C11H14N2O5/c1-12(7-11(14)18-3)9-5-4-8(17-2)6-10(9)13(15)16/h4-6H,7H2,1-3H3. The smallest absolute Gasteiger partial charge is 0.325 e. The summed E-state index contributed by atoms with van der Waals surface area (Å²) in [6, 6.07) is 4.43. The van der Waals surface area contributed by atoms with Gasteiger partial charge in [-0.2, -0.15) is 0 Å². The van der Waals surface area contributed by atoms with Crippen molar-refractivity contribution >= 4 is 17.3 Å². The maximum atomic E-state index is 11.1. The van der Waals surface area contributed by atoms with E-state index in [1.807, 2.05) is 0 Å². The predicted molar refractivity (Wildman–Crippen MR) is 64.9 cm³/mol. The molecule has 7 heteroatoms. The van der Waals surface area contributed by atoms with Crippen molar-refractivity contribution in [1.82, 2.24) is 0 Å². The van der Waals surface area contributed by atoms with Gasteiger partial charge in [-0.05, 0) is 12.1 Å². The van der Waals surface area contributed by atoms with Gasteiger partial charge in [-0.3, -0.25) is 14.9 Å². The SMILES string of the molecule is COC(=O)CN(C)c1ccc(OC)cc1[N+](=O)[O-]. The first-order valence-corrected chi connectivity index (χ1v) is 5.10. The van der Waals surface area contributed by atoms with Gasteiger partial charge in [0.15, 0.2) is 0 Å². The van der Waals surface area contributed by atoms with E-state index in [0.29, 0.717) is 11.4 Å². The van der Waals surface area contributed by atoms with Crippen LogP contribution in [0.1, 0.15) is 0 Å². The minimum absolute atomic E-state index is 0.0658. The summed E-state index contributed by atoms with van der Waals surface area (Å²) < 4.78 is 9.44. The Bertz CT molecular complexity index is 461. The first-order chi connectivity index (χ1) is 8.49. The summed E-state index contributed by atoms with van der Waals surface area (Å²) in [5.74, 6) is -0.0838. The third kappa shape index (κ3) is 3.09. The summed E-state index contributed by atoms with van der Waals surface area (Å²) in [7, 11) is 4.27. The van der Waals surface area contributed by atoms with Crippen molar-refractivity contribution < 1.29 is 19.2 Å². The molecule has 0 bridgehead atoms. The first-order valence-electron chi connectivity index (χ1n) is 5.10. The summed E-state index contributed by atoms with van der Waals surface area (Å²) in [6.07, 6.45) is 0. The van der Waals surface area contributed by atoms with Crippen LogP contribution in [0, 0.1) is 10.1 Å². The Morgan fingerprint density at radius 3 is 2.61 bits per heavy atom. The molecule has 0 amide bonds. The van der Waals surface area contributed by atoms with Gasteiger partial charge < -0.3 is 14.4 Å². The number of anilines is 1. The van der Waals surface area contributed by atoms with Crippen LogP contribution in [0.25, 0.3) is 0 Å². The largest absolute Gasteiger partial charge is 0.496 e. The van der Waals surface area contributed by atoms with E-state index >= 15 is 0 Å². The Labute approximate surface area is 104 Å². The summed E-state index contributed by atoms with van der Waals surface area (Å²) in [5, 5.41) is 11.0. The van der Waals surface area contributed by atoms with Gasteiger partial charge in [0.1, 0.15) is 18.0 Å². The second-order valence-corrected chi connectivity index (χ2v) is 3.54. The van der Waals surface area contributed by atoms with Gasteiger partial charge in [0.25, 0.3) is 5.69 Å². The molecule has 0 saturated heterocycles. The van der Waals surface area contributed by atoms with Crippen molar-refractivity contribution in [3.8, 4) is 5.75 Å². The van der Waals surface area contributed by atoms with Crippen molar-refractivity contribution in [2.45, 2.75) is 0 Å². The lowest BCUT2D eigenvalue weighted by molar-refractivity contribution is -0.384. The molecular formula is C11H14N2O5. The molecule has 0 radical (unpaired) electrons. The summed E-state index contributed by atoms with van der Waals surface area (Å²) in [5.41, 5.74) is 0.201. The minimum atomic E-state index is -0.522. The zero-order valence-corrected chi connectivity index (χ0v) is 10.4. The highest BCUT2D eigenvalue weighted by Gasteiger charge is 2.19. The average molecular weight is 254 g/mol. The van der Waals surface area contributed by atoms with Gasteiger partial charge in [0.05, 0.1) is 25.2 Å². The predicted octanol–water partition coefficient (Wildman–Crippen LogP) is 1.21. The molecule has 0 spiro atoms. The minimum Gasteiger partial charge on any atom is -0.496 e.